The van der Waals surface area contributed by atoms with Gasteiger partial charge in [-0.15, -0.1) is 0 Å². The molecule has 0 radical (unpaired) electrons. The molecule has 0 N–H and O–H groups in total. The van der Waals surface area contributed by atoms with Gasteiger partial charge in [-0.05, 0) is 18.1 Å². The topological polar surface area (TPSA) is 57.7 Å². The number of hydrogen-bond acceptors (Lipinski definition) is 3. The number of nitrogens with zero attached hydrogens (tertiary/aromatic N) is 2. The summed E-state index contributed by atoms with van der Waals surface area (Å²) in [6.45, 7) is 1.49. The number of likely N-dealkylation sites (tertiary alicyclic amines) is 1. The molecule has 5 nitrogen and oxygen atoms in total. The molecule has 7 heteroatoms. The van der Waals surface area contributed by atoms with Crippen LogP contribution in [-0.2, 0) is 21.2 Å². The van der Waals surface area contributed by atoms with E-state index >= 15 is 0 Å². The van der Waals surface area contributed by atoms with Crippen LogP contribution in [0.25, 0.3) is 0 Å². The molecule has 120 valence electrons. The summed E-state index contributed by atoms with van der Waals surface area (Å²) in [5.74, 6) is -0.0760. The SMILES string of the molecule is CS(=O)(=O)N1C[C@H]2CN(C(=O)CCc3ccccc3F)[C@H]2C1. The van der Waals surface area contributed by atoms with Crippen molar-refractivity contribution < 1.29 is 17.6 Å². The zero-order valence-electron chi connectivity index (χ0n) is 12.4. The van der Waals surface area contributed by atoms with E-state index in [2.05, 4.69) is 0 Å². The maximum absolute atomic E-state index is 13.5. The molecule has 2 aliphatic rings. The van der Waals surface area contributed by atoms with Gasteiger partial charge in [-0.1, -0.05) is 18.2 Å². The number of hydrogen-bond donors (Lipinski definition) is 0. The van der Waals surface area contributed by atoms with E-state index in [-0.39, 0.29) is 30.1 Å². The molecule has 2 fully saturated rings. The maximum Gasteiger partial charge on any atom is 0.223 e. The molecule has 0 unspecified atom stereocenters. The maximum atomic E-state index is 13.5. The molecule has 0 bridgehead atoms. The lowest BCUT2D eigenvalue weighted by Gasteiger charge is -2.43. The number of rotatable bonds is 4. The molecule has 1 aromatic carbocycles. The minimum atomic E-state index is -3.19. The molecule has 2 saturated heterocycles. The molecule has 2 atom stereocenters. The minimum absolute atomic E-state index is 0.0113. The summed E-state index contributed by atoms with van der Waals surface area (Å²) >= 11 is 0. The van der Waals surface area contributed by atoms with Gasteiger partial charge in [0.2, 0.25) is 15.9 Å². The molecule has 0 aromatic heterocycles. The van der Waals surface area contributed by atoms with Gasteiger partial charge in [0.1, 0.15) is 5.82 Å². The second-order valence-electron chi connectivity index (χ2n) is 6.04. The quantitative estimate of drug-likeness (QED) is 0.825. The van der Waals surface area contributed by atoms with Crippen molar-refractivity contribution in [2.75, 3.05) is 25.9 Å². The second-order valence-corrected chi connectivity index (χ2v) is 8.03. The highest BCUT2D eigenvalue weighted by atomic mass is 32.2. The van der Waals surface area contributed by atoms with Crippen molar-refractivity contribution in [1.29, 1.82) is 0 Å². The number of sulfonamides is 1. The summed E-state index contributed by atoms with van der Waals surface area (Å²) in [5, 5.41) is 0. The van der Waals surface area contributed by atoms with Crippen LogP contribution < -0.4 is 0 Å². The van der Waals surface area contributed by atoms with E-state index in [4.69, 9.17) is 0 Å². The molecule has 3 rings (SSSR count). The molecule has 1 amide bonds. The molecule has 0 saturated carbocycles. The molecule has 0 spiro atoms. The molecule has 2 heterocycles. The van der Waals surface area contributed by atoms with Crippen LogP contribution in [0.3, 0.4) is 0 Å². The standard InChI is InChI=1S/C15H19FN2O3S/c1-22(20,21)17-8-12-9-18(14(12)10-17)15(19)7-6-11-4-2-3-5-13(11)16/h2-5,12,14H,6-10H2,1H3/t12-,14-/m0/s1. The van der Waals surface area contributed by atoms with Gasteiger partial charge in [0.05, 0.1) is 12.3 Å². The largest absolute Gasteiger partial charge is 0.338 e. The van der Waals surface area contributed by atoms with E-state index in [0.29, 0.717) is 31.6 Å². The fourth-order valence-corrected chi connectivity index (χ4v) is 4.13. The van der Waals surface area contributed by atoms with Crippen molar-refractivity contribution in [3.8, 4) is 0 Å². The number of benzene rings is 1. The summed E-state index contributed by atoms with van der Waals surface area (Å²) < 4.78 is 38.1. The second kappa shape index (κ2) is 5.62. The van der Waals surface area contributed by atoms with E-state index < -0.39 is 10.0 Å². The Morgan fingerprint density at radius 3 is 2.68 bits per heavy atom. The van der Waals surface area contributed by atoms with E-state index in [9.17, 15) is 17.6 Å². The molecular formula is C15H19FN2O3S. The zero-order valence-corrected chi connectivity index (χ0v) is 13.2. The van der Waals surface area contributed by atoms with Crippen LogP contribution in [-0.4, -0.2) is 55.5 Å². The van der Waals surface area contributed by atoms with Crippen LogP contribution in [0.1, 0.15) is 12.0 Å². The van der Waals surface area contributed by atoms with Crippen LogP contribution in [0.4, 0.5) is 4.39 Å². The Labute approximate surface area is 129 Å². The molecule has 1 aromatic rings. The molecule has 0 aliphatic carbocycles. The average molecular weight is 326 g/mol. The van der Waals surface area contributed by atoms with Gasteiger partial charge in [-0.2, -0.15) is 4.31 Å². The zero-order chi connectivity index (χ0) is 15.9. The predicted octanol–water partition coefficient (Wildman–Crippen LogP) is 0.860. The van der Waals surface area contributed by atoms with Crippen molar-refractivity contribution in [2.24, 2.45) is 5.92 Å². The summed E-state index contributed by atoms with van der Waals surface area (Å²) in [7, 11) is -3.19. The highest BCUT2D eigenvalue weighted by Gasteiger charge is 2.49. The van der Waals surface area contributed by atoms with E-state index in [1.165, 1.54) is 16.6 Å². The van der Waals surface area contributed by atoms with Crippen molar-refractivity contribution in [1.82, 2.24) is 9.21 Å². The van der Waals surface area contributed by atoms with Crippen molar-refractivity contribution in [3.63, 3.8) is 0 Å². The van der Waals surface area contributed by atoms with Crippen LogP contribution in [0.5, 0.6) is 0 Å². The number of amides is 1. The van der Waals surface area contributed by atoms with Crippen LogP contribution in [0.15, 0.2) is 24.3 Å². The Morgan fingerprint density at radius 2 is 2.00 bits per heavy atom. The van der Waals surface area contributed by atoms with E-state index in [1.54, 1.807) is 23.1 Å². The Kier molecular flexibility index (Phi) is 3.94. The Morgan fingerprint density at radius 1 is 1.27 bits per heavy atom. The van der Waals surface area contributed by atoms with Crippen LogP contribution >= 0.6 is 0 Å². The number of fused-ring (bicyclic) bond motifs is 1. The minimum Gasteiger partial charge on any atom is -0.338 e. The number of aryl methyl sites for hydroxylation is 1. The first-order chi connectivity index (χ1) is 10.4. The highest BCUT2D eigenvalue weighted by Crippen LogP contribution is 2.34. The summed E-state index contributed by atoms with van der Waals surface area (Å²) in [6, 6.07) is 6.44. The van der Waals surface area contributed by atoms with Gasteiger partial charge >= 0.3 is 0 Å². The van der Waals surface area contributed by atoms with Gasteiger partial charge in [0.15, 0.2) is 0 Å². The van der Waals surface area contributed by atoms with Gasteiger partial charge in [-0.25, -0.2) is 12.8 Å². The number of halogens is 1. The van der Waals surface area contributed by atoms with Crippen molar-refractivity contribution >= 4 is 15.9 Å². The van der Waals surface area contributed by atoms with Crippen molar-refractivity contribution in [2.45, 2.75) is 18.9 Å². The third-order valence-corrected chi connectivity index (χ3v) is 5.80. The van der Waals surface area contributed by atoms with Gasteiger partial charge in [0, 0.05) is 32.0 Å². The normalized spacial score (nSPS) is 24.9. The van der Waals surface area contributed by atoms with Crippen molar-refractivity contribution in [3.05, 3.63) is 35.6 Å². The Balaban J connectivity index is 1.56. The molecule has 2 aliphatic heterocycles. The number of carbonyl (C=O) groups excluding carboxylic acids is 1. The summed E-state index contributed by atoms with van der Waals surface area (Å²) in [6.07, 6.45) is 1.82. The van der Waals surface area contributed by atoms with Gasteiger partial charge < -0.3 is 4.90 Å². The fraction of sp³-hybridized carbons (Fsp3) is 0.533. The average Bonchev–Trinajstić information content (AvgIpc) is 2.75. The van der Waals surface area contributed by atoms with Crippen LogP contribution in [0.2, 0.25) is 0 Å². The lowest BCUT2D eigenvalue weighted by Crippen LogP contribution is -2.58. The lowest BCUT2D eigenvalue weighted by atomic mass is 9.91. The summed E-state index contributed by atoms with van der Waals surface area (Å²) in [4.78, 5) is 14.0. The summed E-state index contributed by atoms with van der Waals surface area (Å²) in [5.41, 5.74) is 0.539. The van der Waals surface area contributed by atoms with E-state index in [0.717, 1.165) is 0 Å². The first-order valence-electron chi connectivity index (χ1n) is 7.34. The highest BCUT2D eigenvalue weighted by molar-refractivity contribution is 7.88. The van der Waals surface area contributed by atoms with Gasteiger partial charge in [-0.3, -0.25) is 4.79 Å². The smallest absolute Gasteiger partial charge is 0.223 e. The molecular weight excluding hydrogens is 307 g/mol. The fourth-order valence-electron chi connectivity index (χ4n) is 3.24. The Bertz CT molecular complexity index is 692. The molecule has 22 heavy (non-hydrogen) atoms. The number of carbonyl (C=O) groups is 1. The lowest BCUT2D eigenvalue weighted by molar-refractivity contribution is -0.141. The van der Waals surface area contributed by atoms with E-state index in [1.807, 2.05) is 0 Å². The Hall–Kier alpha value is -1.47. The monoisotopic (exact) mass is 326 g/mol. The predicted molar refractivity (Wildman–Crippen MR) is 80.1 cm³/mol. The van der Waals surface area contributed by atoms with Gasteiger partial charge in [0.25, 0.3) is 0 Å². The first kappa shape index (κ1) is 15.4. The third-order valence-electron chi connectivity index (χ3n) is 4.56. The first-order valence-corrected chi connectivity index (χ1v) is 9.19. The third kappa shape index (κ3) is 2.87. The van der Waals surface area contributed by atoms with Crippen LogP contribution in [0, 0.1) is 11.7 Å².